The summed E-state index contributed by atoms with van der Waals surface area (Å²) < 4.78 is 5.60. The van der Waals surface area contributed by atoms with Gasteiger partial charge < -0.3 is 20.9 Å². The Morgan fingerprint density at radius 1 is 1.50 bits per heavy atom. The molecule has 4 N–H and O–H groups in total. The lowest BCUT2D eigenvalue weighted by Crippen LogP contribution is -2.30. The maximum atomic E-state index is 11.2. The van der Waals surface area contributed by atoms with E-state index in [1.807, 2.05) is 31.2 Å². The van der Waals surface area contributed by atoms with Gasteiger partial charge in [-0.05, 0) is 12.5 Å². The topological polar surface area (TPSA) is 88.9 Å². The van der Waals surface area contributed by atoms with Gasteiger partial charge in [-0.1, -0.05) is 29.8 Å². The summed E-state index contributed by atoms with van der Waals surface area (Å²) in [5.41, 5.74) is 6.79. The lowest BCUT2D eigenvalue weighted by atomic mass is 10.0. The van der Waals surface area contributed by atoms with Crippen LogP contribution in [0.5, 0.6) is 0 Å². The monoisotopic (exact) mass is 273 g/mol. The molecule has 6 nitrogen and oxygen atoms in total. The van der Waals surface area contributed by atoms with Crippen molar-refractivity contribution in [2.24, 2.45) is 5.73 Å². The van der Waals surface area contributed by atoms with E-state index in [1.54, 1.807) is 0 Å². The van der Waals surface area contributed by atoms with Gasteiger partial charge in [0, 0.05) is 0 Å². The Labute approximate surface area is 116 Å². The molecule has 1 fully saturated rings. The number of carbonyl (C=O) groups is 1. The first kappa shape index (κ1) is 13.9. The van der Waals surface area contributed by atoms with Gasteiger partial charge in [-0.15, -0.1) is 0 Å². The van der Waals surface area contributed by atoms with Crippen LogP contribution in [0.4, 0.5) is 0 Å². The third-order valence-electron chi connectivity index (χ3n) is 3.09. The van der Waals surface area contributed by atoms with Crippen LogP contribution >= 0.6 is 0 Å². The van der Waals surface area contributed by atoms with Crippen LogP contribution in [0.3, 0.4) is 0 Å². The molecule has 0 radical (unpaired) electrons. The predicted molar refractivity (Wildman–Crippen MR) is 71.8 cm³/mol. The zero-order valence-electron chi connectivity index (χ0n) is 11.0. The number of aryl methyl sites for hydroxylation is 1. The highest BCUT2D eigenvalue weighted by molar-refractivity contribution is 5.94. The lowest BCUT2D eigenvalue weighted by molar-refractivity contribution is -0.114. The minimum absolute atomic E-state index is 0.0251. The average molecular weight is 273 g/mol. The largest absolute Gasteiger partial charge is 0.477 e. The maximum Gasteiger partial charge on any atom is 0.307 e. The Bertz CT molecular complexity index is 587. The van der Waals surface area contributed by atoms with Crippen molar-refractivity contribution in [2.75, 3.05) is 6.61 Å². The third kappa shape index (κ3) is 2.58. The van der Waals surface area contributed by atoms with Gasteiger partial charge in [0.05, 0.1) is 19.2 Å². The Morgan fingerprint density at radius 3 is 2.65 bits per heavy atom. The van der Waals surface area contributed by atoms with Crippen molar-refractivity contribution in [3.8, 4) is 0 Å². The number of ether oxygens (including phenoxy) is 1. The van der Waals surface area contributed by atoms with E-state index in [-0.39, 0.29) is 18.2 Å². The van der Waals surface area contributed by atoms with Crippen LogP contribution in [-0.4, -0.2) is 23.7 Å². The number of hydrogen-bond donors (Lipinski definition) is 3. The first-order valence-electron chi connectivity index (χ1n) is 6.09. The highest BCUT2D eigenvalue weighted by Crippen LogP contribution is 2.31. The molecule has 1 aromatic rings. The van der Waals surface area contributed by atoms with Gasteiger partial charge in [-0.3, -0.25) is 4.79 Å². The van der Waals surface area contributed by atoms with Gasteiger partial charge in [0.15, 0.2) is 5.88 Å². The first-order valence-corrected chi connectivity index (χ1v) is 6.09. The maximum absolute atomic E-state index is 11.2. The Hall–Kier alpha value is -2.52. The van der Waals surface area contributed by atoms with E-state index in [2.05, 4.69) is 10.2 Å². The van der Waals surface area contributed by atoms with Gasteiger partial charge >= 0.3 is 5.70 Å². The number of aliphatic hydroxyl groups is 1. The summed E-state index contributed by atoms with van der Waals surface area (Å²) in [6, 6.07) is 7.20. The second-order valence-corrected chi connectivity index (χ2v) is 4.54. The van der Waals surface area contributed by atoms with Gasteiger partial charge in [0.2, 0.25) is 0 Å². The fourth-order valence-corrected chi connectivity index (χ4v) is 2.03. The van der Waals surface area contributed by atoms with Gasteiger partial charge in [-0.25, -0.2) is 4.85 Å². The van der Waals surface area contributed by atoms with E-state index in [1.165, 1.54) is 0 Å². The molecule has 2 rings (SSSR count). The van der Waals surface area contributed by atoms with E-state index >= 15 is 0 Å². The number of carbonyl (C=O) groups excluding carboxylic acids is 1. The summed E-state index contributed by atoms with van der Waals surface area (Å²) in [5, 5.41) is 12.2. The Balaban J connectivity index is 2.34. The van der Waals surface area contributed by atoms with Crippen molar-refractivity contribution in [1.82, 2.24) is 5.32 Å². The first-order chi connectivity index (χ1) is 9.56. The lowest BCUT2D eigenvalue weighted by Gasteiger charge is -2.15. The molecule has 1 amide bonds. The molecule has 104 valence electrons. The van der Waals surface area contributed by atoms with Crippen LogP contribution in [-0.2, 0) is 9.53 Å². The summed E-state index contributed by atoms with van der Waals surface area (Å²) in [6.07, 6.45) is -0.466. The molecular weight excluding hydrogens is 258 g/mol. The molecule has 1 aromatic carbocycles. The minimum atomic E-state index is -0.858. The summed E-state index contributed by atoms with van der Waals surface area (Å²) in [4.78, 5) is 14.2. The molecule has 2 atom stereocenters. The molecule has 2 unspecified atom stereocenters. The van der Waals surface area contributed by atoms with Crippen LogP contribution in [0.1, 0.15) is 17.2 Å². The van der Waals surface area contributed by atoms with E-state index in [4.69, 9.17) is 17.0 Å². The molecule has 0 aliphatic carbocycles. The van der Waals surface area contributed by atoms with Crippen LogP contribution in [0.15, 0.2) is 35.8 Å². The summed E-state index contributed by atoms with van der Waals surface area (Å²) in [6.45, 7) is 8.74. The van der Waals surface area contributed by atoms with Crippen LogP contribution in [0, 0.1) is 13.5 Å². The number of nitrogens with one attached hydrogen (secondary N) is 1. The molecule has 1 aliphatic rings. The van der Waals surface area contributed by atoms with Crippen molar-refractivity contribution in [2.45, 2.75) is 19.1 Å². The normalized spacial score (nSPS) is 23.4. The third-order valence-corrected chi connectivity index (χ3v) is 3.09. The smallest absolute Gasteiger partial charge is 0.307 e. The second-order valence-electron chi connectivity index (χ2n) is 4.54. The average Bonchev–Trinajstić information content (AvgIpc) is 2.84. The van der Waals surface area contributed by atoms with Crippen LogP contribution < -0.4 is 11.1 Å². The van der Waals surface area contributed by atoms with E-state index < -0.39 is 18.1 Å². The van der Waals surface area contributed by atoms with Crippen molar-refractivity contribution in [1.29, 1.82) is 0 Å². The molecule has 0 spiro atoms. The SMILES string of the molecule is [C-]#[N+]/C(C(N)=O)=C1/NC(CO)C(c2ccc(C)cc2)O1. The highest BCUT2D eigenvalue weighted by Gasteiger charge is 2.35. The van der Waals surface area contributed by atoms with Crippen molar-refractivity contribution in [3.63, 3.8) is 0 Å². The molecule has 0 saturated carbocycles. The van der Waals surface area contributed by atoms with E-state index in [0.717, 1.165) is 11.1 Å². The van der Waals surface area contributed by atoms with Gasteiger partial charge in [-0.2, -0.15) is 0 Å². The minimum Gasteiger partial charge on any atom is -0.477 e. The quantitative estimate of drug-likeness (QED) is 0.555. The summed E-state index contributed by atoms with van der Waals surface area (Å²) in [7, 11) is 0. The number of amides is 1. The van der Waals surface area contributed by atoms with Gasteiger partial charge in [0.25, 0.3) is 5.91 Å². The molecule has 20 heavy (non-hydrogen) atoms. The number of nitrogens with two attached hydrogens (primary N) is 1. The van der Waals surface area contributed by atoms with Crippen molar-refractivity contribution in [3.05, 3.63) is 58.4 Å². The highest BCUT2D eigenvalue weighted by atomic mass is 16.5. The van der Waals surface area contributed by atoms with E-state index in [0.29, 0.717) is 0 Å². The second kappa shape index (κ2) is 5.63. The fourth-order valence-electron chi connectivity index (χ4n) is 2.03. The van der Waals surface area contributed by atoms with Crippen LogP contribution in [0.2, 0.25) is 0 Å². The zero-order chi connectivity index (χ0) is 14.7. The molecular formula is C14H15N3O3. The van der Waals surface area contributed by atoms with Gasteiger partial charge in [0.1, 0.15) is 6.10 Å². The molecule has 0 bridgehead atoms. The van der Waals surface area contributed by atoms with E-state index in [9.17, 15) is 9.90 Å². The molecule has 1 heterocycles. The molecule has 1 saturated heterocycles. The standard InChI is InChI=1S/C14H15N3O3/c1-8-3-5-9(6-4-8)12-10(7-18)17-14(20-12)11(16-2)13(15)19/h3-6,10,12,17-18H,7H2,1H3,(H2,15,19)/b14-11-. The number of aliphatic hydroxyl groups excluding tert-OH is 1. The Morgan fingerprint density at radius 2 is 2.15 bits per heavy atom. The predicted octanol–water partition coefficient (Wildman–Crippen LogP) is 0.591. The molecule has 6 heteroatoms. The van der Waals surface area contributed by atoms with Crippen molar-refractivity contribution >= 4 is 5.91 Å². The summed E-state index contributed by atoms with van der Waals surface area (Å²) in [5.74, 6) is -0.833. The number of primary amides is 1. The Kier molecular flexibility index (Phi) is 3.91. The molecule has 1 aliphatic heterocycles. The summed E-state index contributed by atoms with van der Waals surface area (Å²) >= 11 is 0. The number of rotatable bonds is 3. The number of benzene rings is 1. The molecule has 0 aromatic heterocycles. The number of nitrogens with zero attached hydrogens (tertiary/aromatic N) is 1. The van der Waals surface area contributed by atoms with Crippen molar-refractivity contribution < 1.29 is 14.6 Å². The van der Waals surface area contributed by atoms with Crippen LogP contribution in [0.25, 0.3) is 4.85 Å². The number of hydrogen-bond acceptors (Lipinski definition) is 4. The zero-order valence-corrected chi connectivity index (χ0v) is 11.0. The fraction of sp³-hybridized carbons (Fsp3) is 0.286.